The third-order valence-electron chi connectivity index (χ3n) is 5.30. The molecular formula is C18H27FN2. The predicted molar refractivity (Wildman–Crippen MR) is 86.2 cm³/mol. The number of benzene rings is 1. The Morgan fingerprint density at radius 2 is 1.90 bits per heavy atom. The van der Waals surface area contributed by atoms with Crippen LogP contribution in [0.2, 0.25) is 0 Å². The monoisotopic (exact) mass is 290 g/mol. The molecule has 1 aliphatic heterocycles. The van der Waals surface area contributed by atoms with Gasteiger partial charge in [0.1, 0.15) is 5.82 Å². The van der Waals surface area contributed by atoms with Gasteiger partial charge in [0.2, 0.25) is 0 Å². The summed E-state index contributed by atoms with van der Waals surface area (Å²) in [6, 6.07) is 7.62. The van der Waals surface area contributed by atoms with Crippen LogP contribution in [0, 0.1) is 11.7 Å². The molecule has 1 aromatic carbocycles. The van der Waals surface area contributed by atoms with Crippen LogP contribution >= 0.6 is 0 Å². The summed E-state index contributed by atoms with van der Waals surface area (Å²) in [6.45, 7) is 6.38. The van der Waals surface area contributed by atoms with Crippen LogP contribution in [0.15, 0.2) is 24.3 Å². The fourth-order valence-corrected chi connectivity index (χ4v) is 4.04. The number of anilines is 1. The first-order chi connectivity index (χ1) is 10.1. The third-order valence-corrected chi connectivity index (χ3v) is 5.30. The van der Waals surface area contributed by atoms with Gasteiger partial charge in [-0.15, -0.1) is 0 Å². The topological polar surface area (TPSA) is 15.3 Å². The van der Waals surface area contributed by atoms with Gasteiger partial charge in [0.15, 0.2) is 0 Å². The maximum Gasteiger partial charge on any atom is 0.146 e. The van der Waals surface area contributed by atoms with E-state index in [1.807, 2.05) is 12.1 Å². The molecule has 21 heavy (non-hydrogen) atoms. The number of piperazine rings is 1. The van der Waals surface area contributed by atoms with Crippen LogP contribution < -0.4 is 10.2 Å². The molecular weight excluding hydrogens is 263 g/mol. The van der Waals surface area contributed by atoms with Gasteiger partial charge < -0.3 is 10.2 Å². The average Bonchev–Trinajstić information content (AvgIpc) is 2.48. The van der Waals surface area contributed by atoms with E-state index in [0.717, 1.165) is 18.8 Å². The minimum Gasteiger partial charge on any atom is -0.363 e. The highest BCUT2D eigenvalue weighted by atomic mass is 19.1. The van der Waals surface area contributed by atoms with E-state index in [9.17, 15) is 4.39 Å². The Labute approximate surface area is 127 Å². The summed E-state index contributed by atoms with van der Waals surface area (Å²) in [5, 5.41) is 3.82. The summed E-state index contributed by atoms with van der Waals surface area (Å²) in [5.74, 6) is 0.425. The van der Waals surface area contributed by atoms with Crippen molar-refractivity contribution in [3.63, 3.8) is 0 Å². The minimum atomic E-state index is -0.0870. The first-order valence-corrected chi connectivity index (χ1v) is 8.37. The molecule has 1 saturated heterocycles. The second-order valence-corrected chi connectivity index (χ2v) is 7.11. The zero-order valence-corrected chi connectivity index (χ0v) is 13.2. The number of hydrogen-bond acceptors (Lipinski definition) is 2. The summed E-state index contributed by atoms with van der Waals surface area (Å²) in [6.07, 6.45) is 6.39. The lowest BCUT2D eigenvalue weighted by molar-refractivity contribution is 0.183. The molecule has 0 radical (unpaired) electrons. The normalized spacial score (nSPS) is 25.5. The number of nitrogens with zero attached hydrogens (tertiary/aromatic N) is 1. The first kappa shape index (κ1) is 14.8. The number of hydrogen-bond donors (Lipinski definition) is 1. The van der Waals surface area contributed by atoms with E-state index in [1.54, 1.807) is 12.1 Å². The van der Waals surface area contributed by atoms with Crippen molar-refractivity contribution in [3.8, 4) is 0 Å². The number of para-hydroxylation sites is 1. The average molecular weight is 290 g/mol. The van der Waals surface area contributed by atoms with E-state index in [2.05, 4.69) is 24.1 Å². The SMILES string of the molecule is CC(C)C1CNC2(CCCCC2)CN1c1ccccc1F. The Bertz CT molecular complexity index is 480. The molecule has 1 unspecified atom stereocenters. The molecule has 0 amide bonds. The maximum absolute atomic E-state index is 14.3. The van der Waals surface area contributed by atoms with Crippen molar-refractivity contribution in [2.75, 3.05) is 18.0 Å². The molecule has 2 fully saturated rings. The van der Waals surface area contributed by atoms with Gasteiger partial charge in [-0.2, -0.15) is 0 Å². The highest BCUT2D eigenvalue weighted by molar-refractivity contribution is 5.50. The van der Waals surface area contributed by atoms with Crippen LogP contribution in [0.3, 0.4) is 0 Å². The Kier molecular flexibility index (Phi) is 4.21. The standard InChI is InChI=1S/C18H27FN2/c1-14(2)17-12-20-18(10-6-3-7-11-18)13-21(17)16-9-5-4-8-15(16)19/h4-5,8-9,14,17,20H,3,6-7,10-13H2,1-2H3. The molecule has 1 N–H and O–H groups in total. The van der Waals surface area contributed by atoms with E-state index in [1.165, 1.54) is 32.1 Å². The summed E-state index contributed by atoms with van der Waals surface area (Å²) in [4.78, 5) is 2.34. The molecule has 1 aromatic rings. The maximum atomic E-state index is 14.3. The molecule has 1 heterocycles. The van der Waals surface area contributed by atoms with Crippen molar-refractivity contribution in [2.45, 2.75) is 57.5 Å². The van der Waals surface area contributed by atoms with E-state index in [0.29, 0.717) is 12.0 Å². The summed E-state index contributed by atoms with van der Waals surface area (Å²) >= 11 is 0. The lowest BCUT2D eigenvalue weighted by Crippen LogP contribution is -2.66. The highest BCUT2D eigenvalue weighted by Gasteiger charge is 2.41. The van der Waals surface area contributed by atoms with Gasteiger partial charge in [0.05, 0.1) is 5.69 Å². The van der Waals surface area contributed by atoms with E-state index in [-0.39, 0.29) is 11.4 Å². The predicted octanol–water partition coefficient (Wildman–Crippen LogP) is 3.96. The first-order valence-electron chi connectivity index (χ1n) is 8.37. The van der Waals surface area contributed by atoms with Gasteiger partial charge in [-0.1, -0.05) is 45.2 Å². The van der Waals surface area contributed by atoms with Crippen molar-refractivity contribution in [3.05, 3.63) is 30.1 Å². The largest absolute Gasteiger partial charge is 0.363 e. The van der Waals surface area contributed by atoms with Gasteiger partial charge in [-0.25, -0.2) is 4.39 Å². The van der Waals surface area contributed by atoms with Gasteiger partial charge in [-0.05, 0) is 30.9 Å². The number of halogens is 1. The molecule has 1 saturated carbocycles. The molecule has 0 bridgehead atoms. The van der Waals surface area contributed by atoms with Crippen LogP contribution in [-0.4, -0.2) is 24.7 Å². The highest BCUT2D eigenvalue weighted by Crippen LogP contribution is 2.36. The molecule has 1 spiro atoms. The zero-order chi connectivity index (χ0) is 14.9. The summed E-state index contributed by atoms with van der Waals surface area (Å²) in [7, 11) is 0. The van der Waals surface area contributed by atoms with E-state index in [4.69, 9.17) is 0 Å². The molecule has 3 rings (SSSR count). The third kappa shape index (κ3) is 2.94. The Morgan fingerprint density at radius 1 is 1.19 bits per heavy atom. The molecule has 2 aliphatic rings. The molecule has 1 aliphatic carbocycles. The number of nitrogens with one attached hydrogen (secondary N) is 1. The molecule has 3 heteroatoms. The van der Waals surface area contributed by atoms with Crippen molar-refractivity contribution in [1.29, 1.82) is 0 Å². The van der Waals surface area contributed by atoms with Crippen molar-refractivity contribution in [1.82, 2.24) is 5.32 Å². The van der Waals surface area contributed by atoms with Gasteiger partial charge >= 0.3 is 0 Å². The number of rotatable bonds is 2. The molecule has 1 atom stereocenters. The molecule has 116 valence electrons. The van der Waals surface area contributed by atoms with E-state index < -0.39 is 0 Å². The van der Waals surface area contributed by atoms with Gasteiger partial charge in [0, 0.05) is 24.7 Å². The van der Waals surface area contributed by atoms with Crippen LogP contribution in [0.5, 0.6) is 0 Å². The van der Waals surface area contributed by atoms with E-state index >= 15 is 0 Å². The Balaban J connectivity index is 1.90. The quantitative estimate of drug-likeness (QED) is 0.887. The lowest BCUT2D eigenvalue weighted by Gasteiger charge is -2.51. The van der Waals surface area contributed by atoms with Gasteiger partial charge in [0.25, 0.3) is 0 Å². The molecule has 2 nitrogen and oxygen atoms in total. The van der Waals surface area contributed by atoms with Gasteiger partial charge in [-0.3, -0.25) is 0 Å². The fourth-order valence-electron chi connectivity index (χ4n) is 4.04. The summed E-state index contributed by atoms with van der Waals surface area (Å²) in [5.41, 5.74) is 0.981. The van der Waals surface area contributed by atoms with Crippen LogP contribution in [0.1, 0.15) is 46.0 Å². The van der Waals surface area contributed by atoms with Crippen molar-refractivity contribution < 1.29 is 4.39 Å². The smallest absolute Gasteiger partial charge is 0.146 e. The lowest BCUT2D eigenvalue weighted by atomic mass is 9.78. The zero-order valence-electron chi connectivity index (χ0n) is 13.2. The second-order valence-electron chi connectivity index (χ2n) is 7.11. The van der Waals surface area contributed by atoms with Crippen LogP contribution in [0.25, 0.3) is 0 Å². The second kappa shape index (κ2) is 5.96. The Hall–Kier alpha value is -1.09. The molecule has 0 aromatic heterocycles. The van der Waals surface area contributed by atoms with Crippen molar-refractivity contribution in [2.24, 2.45) is 5.92 Å². The fraction of sp³-hybridized carbons (Fsp3) is 0.667. The summed E-state index contributed by atoms with van der Waals surface area (Å²) < 4.78 is 14.3. The minimum absolute atomic E-state index is 0.0870. The van der Waals surface area contributed by atoms with Crippen molar-refractivity contribution >= 4 is 5.69 Å². The Morgan fingerprint density at radius 3 is 2.57 bits per heavy atom. The van der Waals surface area contributed by atoms with Crippen LogP contribution in [-0.2, 0) is 0 Å². The van der Waals surface area contributed by atoms with Crippen LogP contribution in [0.4, 0.5) is 10.1 Å².